The van der Waals surface area contributed by atoms with Crippen LogP contribution in [0.15, 0.2) is 48.6 Å². The van der Waals surface area contributed by atoms with E-state index >= 15 is 0 Å². The Morgan fingerprint density at radius 2 is 1.88 bits per heavy atom. The molecule has 0 N–H and O–H groups in total. The van der Waals surface area contributed by atoms with Crippen LogP contribution in [0.1, 0.15) is 52.4 Å². The molecule has 0 nitrogen and oxygen atoms in total. The van der Waals surface area contributed by atoms with Crippen LogP contribution >= 0.6 is 0 Å². The van der Waals surface area contributed by atoms with Crippen LogP contribution in [0.5, 0.6) is 0 Å². The van der Waals surface area contributed by atoms with Crippen molar-refractivity contribution in [3.8, 4) is 0 Å². The van der Waals surface area contributed by atoms with Crippen molar-refractivity contribution in [2.24, 2.45) is 0 Å². The minimum absolute atomic E-state index is 1.18. The van der Waals surface area contributed by atoms with E-state index in [0.29, 0.717) is 0 Å². The van der Waals surface area contributed by atoms with Gasteiger partial charge < -0.3 is 0 Å². The lowest BCUT2D eigenvalue weighted by Crippen LogP contribution is -1.79. The highest BCUT2D eigenvalue weighted by molar-refractivity contribution is 4.99. The second kappa shape index (κ2) is 12.0. The van der Waals surface area contributed by atoms with Crippen LogP contribution in [0.25, 0.3) is 0 Å². The number of allylic oxidation sites excluding steroid dienone is 7. The Labute approximate surface area is 101 Å². The molecule has 0 heterocycles. The van der Waals surface area contributed by atoms with Gasteiger partial charge in [0.1, 0.15) is 0 Å². The molecular formula is C16H26. The van der Waals surface area contributed by atoms with Crippen molar-refractivity contribution in [2.45, 2.75) is 52.4 Å². The molecule has 0 fully saturated rings. The summed E-state index contributed by atoms with van der Waals surface area (Å²) in [6, 6.07) is 0. The van der Waals surface area contributed by atoms with Gasteiger partial charge in [0.05, 0.1) is 0 Å². The molecule has 0 unspecified atom stereocenters. The van der Waals surface area contributed by atoms with E-state index in [2.05, 4.69) is 44.7 Å². The minimum Gasteiger partial charge on any atom is -0.0991 e. The van der Waals surface area contributed by atoms with Crippen molar-refractivity contribution < 1.29 is 0 Å². The second-order valence-electron chi connectivity index (χ2n) is 4.11. The Morgan fingerprint density at radius 3 is 2.56 bits per heavy atom. The zero-order valence-electron chi connectivity index (χ0n) is 10.9. The maximum Gasteiger partial charge on any atom is -0.0313 e. The second-order valence-corrected chi connectivity index (χ2v) is 4.11. The molecule has 0 spiro atoms. The summed E-state index contributed by atoms with van der Waals surface area (Å²) in [4.78, 5) is 0. The van der Waals surface area contributed by atoms with Gasteiger partial charge in [-0.05, 0) is 52.4 Å². The molecule has 0 amide bonds. The summed E-state index contributed by atoms with van der Waals surface area (Å²) in [5.74, 6) is 0. The Kier molecular flexibility index (Phi) is 11.2. The minimum atomic E-state index is 1.18. The van der Waals surface area contributed by atoms with Gasteiger partial charge in [0, 0.05) is 0 Å². The van der Waals surface area contributed by atoms with Crippen LogP contribution in [0.4, 0.5) is 0 Å². The van der Waals surface area contributed by atoms with Crippen molar-refractivity contribution in [3.63, 3.8) is 0 Å². The molecule has 0 aliphatic heterocycles. The van der Waals surface area contributed by atoms with E-state index in [1.165, 1.54) is 44.1 Å². The fourth-order valence-corrected chi connectivity index (χ4v) is 1.55. The highest BCUT2D eigenvalue weighted by Crippen LogP contribution is 2.10. The van der Waals surface area contributed by atoms with Gasteiger partial charge in [0.2, 0.25) is 0 Å². The van der Waals surface area contributed by atoms with Crippen LogP contribution in [0, 0.1) is 0 Å². The Balaban J connectivity index is 3.45. The largest absolute Gasteiger partial charge is 0.0991 e. The van der Waals surface area contributed by atoms with E-state index in [-0.39, 0.29) is 0 Å². The molecule has 0 radical (unpaired) electrons. The topological polar surface area (TPSA) is 0 Å². The predicted molar refractivity (Wildman–Crippen MR) is 75.6 cm³/mol. The first kappa shape index (κ1) is 15.0. The molecule has 0 aliphatic rings. The SMILES string of the molecule is C=CC=CCCCCC(C)=CCCC=CC. The van der Waals surface area contributed by atoms with Gasteiger partial charge >= 0.3 is 0 Å². The third kappa shape index (κ3) is 11.0. The van der Waals surface area contributed by atoms with E-state index in [1.807, 2.05) is 12.2 Å². The molecule has 0 aromatic carbocycles. The molecule has 0 atom stereocenters. The normalized spacial score (nSPS) is 12.8. The van der Waals surface area contributed by atoms with Crippen molar-refractivity contribution in [3.05, 3.63) is 48.6 Å². The molecule has 0 aromatic rings. The first-order chi connectivity index (χ1) is 7.81. The molecule has 0 rings (SSSR count). The quantitative estimate of drug-likeness (QED) is 0.269. The van der Waals surface area contributed by atoms with E-state index in [4.69, 9.17) is 0 Å². The molecule has 16 heavy (non-hydrogen) atoms. The van der Waals surface area contributed by atoms with Crippen LogP contribution in [-0.2, 0) is 0 Å². The maximum absolute atomic E-state index is 3.65. The standard InChI is InChI=1S/C16H26/c1-4-6-8-10-11-13-15-16(3)14-12-9-7-5-2/h4-8,14H,1,9-13,15H2,2-3H3. The number of rotatable bonds is 9. The highest BCUT2D eigenvalue weighted by Gasteiger charge is 1.90. The number of unbranched alkanes of at least 4 members (excludes halogenated alkanes) is 3. The summed E-state index contributed by atoms with van der Waals surface area (Å²) < 4.78 is 0. The van der Waals surface area contributed by atoms with Crippen LogP contribution in [0.3, 0.4) is 0 Å². The lowest BCUT2D eigenvalue weighted by molar-refractivity contribution is 0.739. The maximum atomic E-state index is 3.65. The monoisotopic (exact) mass is 218 g/mol. The number of hydrogen-bond donors (Lipinski definition) is 0. The highest BCUT2D eigenvalue weighted by atomic mass is 14.0. The van der Waals surface area contributed by atoms with E-state index in [9.17, 15) is 0 Å². The van der Waals surface area contributed by atoms with Gasteiger partial charge in [0.25, 0.3) is 0 Å². The van der Waals surface area contributed by atoms with Crippen LogP contribution in [0.2, 0.25) is 0 Å². The summed E-state index contributed by atoms with van der Waals surface area (Å²) in [5.41, 5.74) is 1.54. The average Bonchev–Trinajstić information content (AvgIpc) is 2.29. The van der Waals surface area contributed by atoms with Gasteiger partial charge in [-0.2, -0.15) is 0 Å². The molecule has 0 heteroatoms. The first-order valence-electron chi connectivity index (χ1n) is 6.35. The molecular weight excluding hydrogens is 192 g/mol. The molecule has 0 saturated heterocycles. The Morgan fingerprint density at radius 1 is 1.06 bits per heavy atom. The van der Waals surface area contributed by atoms with Gasteiger partial charge in [-0.3, -0.25) is 0 Å². The van der Waals surface area contributed by atoms with Crippen molar-refractivity contribution in [2.75, 3.05) is 0 Å². The summed E-state index contributed by atoms with van der Waals surface area (Å²) in [6.45, 7) is 7.98. The van der Waals surface area contributed by atoms with Crippen molar-refractivity contribution in [1.82, 2.24) is 0 Å². The molecule has 0 saturated carbocycles. The number of hydrogen-bond acceptors (Lipinski definition) is 0. The van der Waals surface area contributed by atoms with Crippen LogP contribution in [-0.4, -0.2) is 0 Å². The van der Waals surface area contributed by atoms with E-state index < -0.39 is 0 Å². The fraction of sp³-hybridized carbons (Fsp3) is 0.500. The summed E-state index contributed by atoms with van der Waals surface area (Å²) in [7, 11) is 0. The smallest absolute Gasteiger partial charge is 0.0313 e. The molecule has 90 valence electrons. The molecule has 0 bridgehead atoms. The zero-order valence-corrected chi connectivity index (χ0v) is 10.9. The lowest BCUT2D eigenvalue weighted by Gasteiger charge is -2.00. The molecule has 0 aliphatic carbocycles. The van der Waals surface area contributed by atoms with Crippen molar-refractivity contribution in [1.29, 1.82) is 0 Å². The van der Waals surface area contributed by atoms with Gasteiger partial charge in [-0.25, -0.2) is 0 Å². The van der Waals surface area contributed by atoms with Gasteiger partial charge in [-0.1, -0.05) is 48.6 Å². The summed E-state index contributed by atoms with van der Waals surface area (Å²) in [5, 5.41) is 0. The van der Waals surface area contributed by atoms with E-state index in [1.54, 1.807) is 0 Å². The van der Waals surface area contributed by atoms with Gasteiger partial charge in [0.15, 0.2) is 0 Å². The lowest BCUT2D eigenvalue weighted by atomic mass is 10.1. The summed E-state index contributed by atoms with van der Waals surface area (Å²) in [6.07, 6.45) is 20.2. The van der Waals surface area contributed by atoms with Crippen LogP contribution < -0.4 is 0 Å². The zero-order chi connectivity index (χ0) is 12.1. The van der Waals surface area contributed by atoms with E-state index in [0.717, 1.165) is 0 Å². The molecule has 0 aromatic heterocycles. The predicted octanol–water partition coefficient (Wildman–Crippen LogP) is 5.59. The first-order valence-corrected chi connectivity index (χ1v) is 6.35. The third-order valence-electron chi connectivity index (χ3n) is 2.53. The Hall–Kier alpha value is -1.04. The van der Waals surface area contributed by atoms with Gasteiger partial charge in [-0.15, -0.1) is 0 Å². The van der Waals surface area contributed by atoms with Crippen molar-refractivity contribution >= 4 is 0 Å². The fourth-order valence-electron chi connectivity index (χ4n) is 1.55. The average molecular weight is 218 g/mol. The third-order valence-corrected chi connectivity index (χ3v) is 2.53. The summed E-state index contributed by atoms with van der Waals surface area (Å²) >= 11 is 0. The Bertz CT molecular complexity index is 241.